The van der Waals surface area contributed by atoms with Crippen molar-refractivity contribution in [3.8, 4) is 17.6 Å². The summed E-state index contributed by atoms with van der Waals surface area (Å²) in [5, 5.41) is 6.18. The molecule has 0 spiro atoms. The Hall–Kier alpha value is -3.01. The summed E-state index contributed by atoms with van der Waals surface area (Å²) in [5.41, 5.74) is 0.579. The molecule has 3 aromatic rings. The zero-order chi connectivity index (χ0) is 28.3. The van der Waals surface area contributed by atoms with Gasteiger partial charge in [-0.25, -0.2) is 26.0 Å². The van der Waals surface area contributed by atoms with Crippen molar-refractivity contribution in [2.45, 2.75) is 36.4 Å². The molecular weight excluding hydrogens is 554 g/mol. The van der Waals surface area contributed by atoms with Crippen molar-refractivity contribution in [1.82, 2.24) is 4.90 Å². The van der Waals surface area contributed by atoms with Gasteiger partial charge in [0, 0.05) is 29.3 Å². The van der Waals surface area contributed by atoms with Crippen LogP contribution in [0.1, 0.15) is 29.5 Å². The average molecular weight is 584 g/mol. The van der Waals surface area contributed by atoms with Crippen LogP contribution in [0.3, 0.4) is 0 Å². The second kappa shape index (κ2) is 12.0. The largest absolute Gasteiger partial charge is 0.495 e. The first-order valence-electron chi connectivity index (χ1n) is 12.2. The fourth-order valence-corrected chi connectivity index (χ4v) is 6.30. The fraction of sp³-hybridized carbons (Fsp3) is 0.407. The van der Waals surface area contributed by atoms with E-state index < -0.39 is 33.8 Å². The molecule has 6 nitrogen and oxygen atoms in total. The van der Waals surface area contributed by atoms with Gasteiger partial charge >= 0.3 is 0 Å². The van der Waals surface area contributed by atoms with Crippen LogP contribution >= 0.6 is 11.3 Å². The van der Waals surface area contributed by atoms with Crippen LogP contribution < -0.4 is 15.4 Å². The van der Waals surface area contributed by atoms with Crippen molar-refractivity contribution in [2.75, 3.05) is 50.7 Å². The minimum atomic E-state index is -3.43. The number of methoxy groups -OCH3 is 1. The fourth-order valence-electron chi connectivity index (χ4n) is 4.47. The summed E-state index contributed by atoms with van der Waals surface area (Å²) in [4.78, 5) is 2.31. The molecule has 0 bridgehead atoms. The van der Waals surface area contributed by atoms with Gasteiger partial charge in [0.25, 0.3) is 6.43 Å². The van der Waals surface area contributed by atoms with Crippen LogP contribution in [0.2, 0.25) is 0 Å². The van der Waals surface area contributed by atoms with Gasteiger partial charge in [-0.3, -0.25) is 0 Å². The van der Waals surface area contributed by atoms with Gasteiger partial charge in [-0.15, -0.1) is 11.3 Å². The lowest BCUT2D eigenvalue weighted by molar-refractivity contribution is 0.0503. The maximum Gasteiger partial charge on any atom is 0.273 e. The molecule has 4 rings (SSSR count). The smallest absolute Gasteiger partial charge is 0.273 e. The van der Waals surface area contributed by atoms with E-state index >= 15 is 0 Å². The van der Waals surface area contributed by atoms with E-state index in [4.69, 9.17) is 4.74 Å². The van der Waals surface area contributed by atoms with Crippen molar-refractivity contribution in [1.29, 1.82) is 0 Å². The minimum Gasteiger partial charge on any atom is -0.495 e. The van der Waals surface area contributed by atoms with E-state index in [9.17, 15) is 26.0 Å². The molecule has 0 amide bonds. The Morgan fingerprint density at radius 3 is 2.49 bits per heavy atom. The number of ether oxygens (including phenoxy) is 1. The first kappa shape index (κ1) is 29.0. The third-order valence-corrected chi connectivity index (χ3v) is 8.83. The van der Waals surface area contributed by atoms with Gasteiger partial charge in [-0.05, 0) is 57.2 Å². The summed E-state index contributed by atoms with van der Waals surface area (Å²) in [6, 6.07) is 7.14. The first-order chi connectivity index (χ1) is 18.5. The van der Waals surface area contributed by atoms with Crippen molar-refractivity contribution < 1.29 is 30.7 Å². The van der Waals surface area contributed by atoms with Crippen LogP contribution in [0.4, 0.5) is 28.9 Å². The maximum absolute atomic E-state index is 14.9. The molecule has 2 heterocycles. The summed E-state index contributed by atoms with van der Waals surface area (Å²) in [5.74, 6) is 5.01. The Morgan fingerprint density at radius 1 is 1.15 bits per heavy atom. The highest BCUT2D eigenvalue weighted by molar-refractivity contribution is 7.90. The molecule has 2 aromatic carbocycles. The number of benzene rings is 2. The predicted octanol–water partition coefficient (Wildman–Crippen LogP) is 5.70. The molecule has 1 fully saturated rings. The summed E-state index contributed by atoms with van der Waals surface area (Å²) in [6.07, 6.45) is -3.23. The number of hydrogen-bond acceptors (Lipinski definition) is 7. The molecule has 210 valence electrons. The molecule has 0 saturated carbocycles. The second-order valence-corrected chi connectivity index (χ2v) is 12.4. The molecule has 39 heavy (non-hydrogen) atoms. The molecule has 12 heteroatoms. The summed E-state index contributed by atoms with van der Waals surface area (Å²) in [6.45, 7) is 1.79. The molecule has 2 N–H and O–H groups in total. The third-order valence-electron chi connectivity index (χ3n) is 6.57. The van der Waals surface area contributed by atoms with Crippen molar-refractivity contribution in [3.63, 3.8) is 0 Å². The topological polar surface area (TPSA) is 70.7 Å². The number of alkyl halides is 3. The van der Waals surface area contributed by atoms with Crippen LogP contribution in [0, 0.1) is 17.7 Å². The number of halogens is 4. The third kappa shape index (κ3) is 6.59. The Balaban J connectivity index is 1.64. The van der Waals surface area contributed by atoms with Crippen molar-refractivity contribution in [2.24, 2.45) is 0 Å². The lowest BCUT2D eigenvalue weighted by Crippen LogP contribution is -2.36. The number of nitrogens with zero attached hydrogens (tertiary/aromatic N) is 1. The minimum absolute atomic E-state index is 0.0110. The molecular formula is C27H29F4N3O3S2. The maximum atomic E-state index is 14.9. The SMILES string of the molecule is COc1cc(S(C)(=O)=O)ccc1NCC#Cc1sc2c(NC3CCN(C)CC3)ccc(F)c2c1C(F)C(F)F. The first-order valence-corrected chi connectivity index (χ1v) is 14.9. The number of nitrogens with one attached hydrogen (secondary N) is 2. The number of anilines is 2. The highest BCUT2D eigenvalue weighted by Crippen LogP contribution is 2.43. The molecule has 1 saturated heterocycles. The Morgan fingerprint density at radius 2 is 1.85 bits per heavy atom. The van der Waals surface area contributed by atoms with Crippen LogP contribution in [-0.2, 0) is 9.84 Å². The number of likely N-dealkylation sites (tertiary alicyclic amines) is 1. The highest BCUT2D eigenvalue weighted by Gasteiger charge is 2.31. The van der Waals surface area contributed by atoms with Gasteiger partial charge in [-0.2, -0.15) is 0 Å². The van der Waals surface area contributed by atoms with Crippen molar-refractivity contribution >= 4 is 42.6 Å². The van der Waals surface area contributed by atoms with Crippen molar-refractivity contribution in [3.05, 3.63) is 46.6 Å². The van der Waals surface area contributed by atoms with E-state index in [0.717, 1.165) is 43.5 Å². The lowest BCUT2D eigenvalue weighted by Gasteiger charge is -2.30. The Kier molecular flexibility index (Phi) is 8.93. The van der Waals surface area contributed by atoms with E-state index in [2.05, 4.69) is 27.4 Å². The molecule has 1 unspecified atom stereocenters. The predicted molar refractivity (Wildman–Crippen MR) is 147 cm³/mol. The van der Waals surface area contributed by atoms with Gasteiger partial charge < -0.3 is 20.3 Å². The Bertz CT molecular complexity index is 1510. The summed E-state index contributed by atoms with van der Waals surface area (Å²) < 4.78 is 86.0. The standard InChI is InChI=1S/C27H29F4N3O3S2/c1-34-13-10-16(11-14-34)33-20-9-7-18(28)23-24(25(29)27(30)31)22(38-26(20)23)5-4-12-32-19-8-6-17(39(3,35)36)15-21(19)37-2/h6-9,15-16,25,27,32-33H,10-14H2,1-3H3. The average Bonchev–Trinajstić information content (AvgIpc) is 3.28. The van der Waals surface area contributed by atoms with Gasteiger partial charge in [-0.1, -0.05) is 11.8 Å². The van der Waals surface area contributed by atoms with Gasteiger partial charge in [0.05, 0.1) is 39.5 Å². The van der Waals surface area contributed by atoms with E-state index in [-0.39, 0.29) is 33.5 Å². The number of thiophene rings is 1. The number of piperidine rings is 1. The molecule has 0 radical (unpaired) electrons. The van der Waals surface area contributed by atoms with E-state index in [0.29, 0.717) is 16.1 Å². The number of fused-ring (bicyclic) bond motifs is 1. The van der Waals surface area contributed by atoms with Crippen LogP contribution in [0.25, 0.3) is 10.1 Å². The number of rotatable bonds is 8. The van der Waals surface area contributed by atoms with Gasteiger partial charge in [0.1, 0.15) is 11.6 Å². The molecule has 1 aliphatic rings. The monoisotopic (exact) mass is 583 g/mol. The zero-order valence-electron chi connectivity index (χ0n) is 21.7. The van der Waals surface area contributed by atoms with Crippen LogP contribution in [0.5, 0.6) is 5.75 Å². The van der Waals surface area contributed by atoms with Crippen LogP contribution in [-0.4, -0.2) is 65.8 Å². The quantitative estimate of drug-likeness (QED) is 0.262. The normalized spacial score (nSPS) is 15.7. The zero-order valence-corrected chi connectivity index (χ0v) is 23.3. The molecule has 0 aliphatic carbocycles. The lowest BCUT2D eigenvalue weighted by atomic mass is 10.0. The second-order valence-electron chi connectivity index (χ2n) is 9.39. The molecule has 1 aromatic heterocycles. The number of hydrogen-bond donors (Lipinski definition) is 2. The Labute approximate surface area is 229 Å². The van der Waals surface area contributed by atoms with E-state index in [1.165, 1.54) is 31.4 Å². The molecule has 1 atom stereocenters. The van der Waals surface area contributed by atoms with E-state index in [1.807, 2.05) is 7.05 Å². The molecule has 1 aliphatic heterocycles. The van der Waals surface area contributed by atoms with Gasteiger partial charge in [0.2, 0.25) is 0 Å². The summed E-state index contributed by atoms with van der Waals surface area (Å²) in [7, 11) is -0.0145. The van der Waals surface area contributed by atoms with Gasteiger partial charge in [0.15, 0.2) is 16.0 Å². The number of sulfone groups is 1. The highest BCUT2D eigenvalue weighted by atomic mass is 32.2. The summed E-state index contributed by atoms with van der Waals surface area (Å²) >= 11 is 0.979. The van der Waals surface area contributed by atoms with E-state index in [1.54, 1.807) is 6.07 Å². The van der Waals surface area contributed by atoms with Crippen LogP contribution in [0.15, 0.2) is 35.2 Å².